The largest absolute Gasteiger partial charge is 0.350 e. The minimum Gasteiger partial charge on any atom is -0.350 e. The molecule has 21 heavy (non-hydrogen) atoms. The Bertz CT molecular complexity index is 563. The number of carbonyl (C=O) groups excluding carboxylic acids is 1. The van der Waals surface area contributed by atoms with Gasteiger partial charge in [-0.2, -0.15) is 0 Å². The zero-order chi connectivity index (χ0) is 15.8. The summed E-state index contributed by atoms with van der Waals surface area (Å²) in [4.78, 5) is 16.9. The number of hydrogen-bond donors (Lipinski definition) is 1. The summed E-state index contributed by atoms with van der Waals surface area (Å²) in [6.07, 6.45) is 2.22. The third kappa shape index (κ3) is 3.52. The van der Waals surface area contributed by atoms with Crippen LogP contribution in [-0.4, -0.2) is 10.9 Å². The van der Waals surface area contributed by atoms with Crippen LogP contribution in [0.1, 0.15) is 44.6 Å². The molecule has 0 aromatic carbocycles. The van der Waals surface area contributed by atoms with Gasteiger partial charge >= 0.3 is 0 Å². The predicted octanol–water partition coefficient (Wildman–Crippen LogP) is 3.55. The van der Waals surface area contributed by atoms with Crippen LogP contribution in [0.15, 0.2) is 23.8 Å². The van der Waals surface area contributed by atoms with Crippen molar-refractivity contribution in [3.05, 3.63) is 40.7 Å². The monoisotopic (exact) mass is 286 g/mol. The summed E-state index contributed by atoms with van der Waals surface area (Å²) in [7, 11) is 0. The highest BCUT2D eigenvalue weighted by Crippen LogP contribution is 2.59. The van der Waals surface area contributed by atoms with Gasteiger partial charge in [-0.25, -0.2) is 0 Å². The van der Waals surface area contributed by atoms with Crippen molar-refractivity contribution in [3.63, 3.8) is 0 Å². The third-order valence-corrected chi connectivity index (χ3v) is 4.30. The quantitative estimate of drug-likeness (QED) is 0.860. The van der Waals surface area contributed by atoms with E-state index in [1.54, 1.807) is 0 Å². The first-order valence-corrected chi connectivity index (χ1v) is 7.58. The van der Waals surface area contributed by atoms with Crippen molar-refractivity contribution in [1.82, 2.24) is 10.3 Å². The Morgan fingerprint density at radius 2 is 2.00 bits per heavy atom. The van der Waals surface area contributed by atoms with Crippen LogP contribution in [0.25, 0.3) is 0 Å². The Labute approximate surface area is 127 Å². The highest BCUT2D eigenvalue weighted by Gasteiger charge is 2.60. The van der Waals surface area contributed by atoms with E-state index in [0.717, 1.165) is 11.4 Å². The molecule has 0 aliphatic heterocycles. The second-order valence-electron chi connectivity index (χ2n) is 7.06. The summed E-state index contributed by atoms with van der Waals surface area (Å²) in [5, 5.41) is 3.04. The Kier molecular flexibility index (Phi) is 4.22. The number of hydrogen-bond acceptors (Lipinski definition) is 2. The number of carbonyl (C=O) groups is 1. The third-order valence-electron chi connectivity index (χ3n) is 4.30. The molecule has 1 aliphatic carbocycles. The first kappa shape index (κ1) is 15.7. The van der Waals surface area contributed by atoms with Crippen molar-refractivity contribution < 1.29 is 4.79 Å². The van der Waals surface area contributed by atoms with Gasteiger partial charge in [0.25, 0.3) is 0 Å². The van der Waals surface area contributed by atoms with Gasteiger partial charge in [0.05, 0.1) is 18.2 Å². The molecule has 3 nitrogen and oxygen atoms in total. The van der Waals surface area contributed by atoms with Gasteiger partial charge in [0.2, 0.25) is 5.91 Å². The summed E-state index contributed by atoms with van der Waals surface area (Å²) in [5.41, 5.74) is 4.45. The maximum atomic E-state index is 12.4. The molecule has 1 heterocycles. The fourth-order valence-electron chi connectivity index (χ4n) is 3.15. The lowest BCUT2D eigenvalue weighted by Crippen LogP contribution is -2.26. The number of aryl methyl sites for hydroxylation is 2. The number of aromatic nitrogens is 1. The molecule has 1 amide bonds. The molecular weight excluding hydrogens is 260 g/mol. The predicted molar refractivity (Wildman–Crippen MR) is 85.7 cm³/mol. The van der Waals surface area contributed by atoms with Gasteiger partial charge in [0.1, 0.15) is 0 Å². The second-order valence-corrected chi connectivity index (χ2v) is 7.06. The highest BCUT2D eigenvalue weighted by molar-refractivity contribution is 5.83. The fraction of sp³-hybridized carbons (Fsp3) is 0.556. The van der Waals surface area contributed by atoms with E-state index in [1.807, 2.05) is 19.1 Å². The molecule has 1 saturated carbocycles. The molecule has 0 radical (unpaired) electrons. The molecule has 1 aromatic rings. The van der Waals surface area contributed by atoms with E-state index in [0.29, 0.717) is 12.5 Å². The molecule has 1 aromatic heterocycles. The van der Waals surface area contributed by atoms with E-state index in [9.17, 15) is 4.79 Å². The number of pyridine rings is 1. The number of rotatable bonds is 4. The highest BCUT2D eigenvalue weighted by atomic mass is 16.2. The van der Waals surface area contributed by atoms with Crippen LogP contribution in [0, 0.1) is 31.1 Å². The van der Waals surface area contributed by atoms with E-state index in [-0.39, 0.29) is 17.2 Å². The van der Waals surface area contributed by atoms with Gasteiger partial charge in [-0.1, -0.05) is 25.5 Å². The Morgan fingerprint density at radius 3 is 2.57 bits per heavy atom. The molecule has 1 fully saturated rings. The van der Waals surface area contributed by atoms with Crippen LogP contribution in [0.3, 0.4) is 0 Å². The van der Waals surface area contributed by atoms with Gasteiger partial charge in [-0.15, -0.1) is 0 Å². The molecule has 0 saturated heterocycles. The van der Waals surface area contributed by atoms with Gasteiger partial charge in [0, 0.05) is 5.69 Å². The summed E-state index contributed by atoms with van der Waals surface area (Å²) in [6.45, 7) is 13.0. The molecule has 0 spiro atoms. The first-order valence-electron chi connectivity index (χ1n) is 7.58. The Morgan fingerprint density at radius 1 is 1.33 bits per heavy atom. The normalized spacial score (nSPS) is 22.6. The van der Waals surface area contributed by atoms with Crippen molar-refractivity contribution in [2.45, 2.75) is 48.1 Å². The molecular formula is C18H26N2O. The lowest BCUT2D eigenvalue weighted by atomic mass is 10.1. The van der Waals surface area contributed by atoms with E-state index >= 15 is 0 Å². The smallest absolute Gasteiger partial charge is 0.224 e. The zero-order valence-electron chi connectivity index (χ0n) is 13.9. The number of nitrogens with zero attached hydrogens (tertiary/aromatic N) is 1. The Hall–Kier alpha value is -1.64. The van der Waals surface area contributed by atoms with Crippen molar-refractivity contribution in [1.29, 1.82) is 0 Å². The maximum Gasteiger partial charge on any atom is 0.224 e. The zero-order valence-corrected chi connectivity index (χ0v) is 13.9. The minimum absolute atomic E-state index is 0.0668. The molecule has 2 atom stereocenters. The second kappa shape index (κ2) is 5.63. The van der Waals surface area contributed by atoms with Crippen LogP contribution >= 0.6 is 0 Å². The first-order chi connectivity index (χ1) is 9.71. The summed E-state index contributed by atoms with van der Waals surface area (Å²) < 4.78 is 0. The van der Waals surface area contributed by atoms with Crippen LogP contribution in [0.5, 0.6) is 0 Å². The molecule has 1 N–H and O–H groups in total. The van der Waals surface area contributed by atoms with Gasteiger partial charge in [0.15, 0.2) is 0 Å². The average Bonchev–Trinajstić information content (AvgIpc) is 2.85. The Balaban J connectivity index is 1.98. The van der Waals surface area contributed by atoms with Crippen molar-refractivity contribution >= 4 is 5.91 Å². The number of allylic oxidation sites excluding steroid dienone is 2. The van der Waals surface area contributed by atoms with Crippen molar-refractivity contribution in [3.8, 4) is 0 Å². The van der Waals surface area contributed by atoms with E-state index in [1.165, 1.54) is 11.1 Å². The topological polar surface area (TPSA) is 42.0 Å². The molecule has 3 heteroatoms. The van der Waals surface area contributed by atoms with E-state index < -0.39 is 0 Å². The van der Waals surface area contributed by atoms with Crippen LogP contribution < -0.4 is 5.32 Å². The minimum atomic E-state index is 0.0668. The molecule has 114 valence electrons. The maximum absolute atomic E-state index is 12.4. The van der Waals surface area contributed by atoms with Crippen LogP contribution in [0.4, 0.5) is 0 Å². The fourth-order valence-corrected chi connectivity index (χ4v) is 3.15. The van der Waals surface area contributed by atoms with Crippen LogP contribution in [-0.2, 0) is 11.3 Å². The summed E-state index contributed by atoms with van der Waals surface area (Å²) in [5.74, 6) is 0.580. The van der Waals surface area contributed by atoms with E-state index in [4.69, 9.17) is 0 Å². The summed E-state index contributed by atoms with van der Waals surface area (Å²) in [6, 6.07) is 4.07. The van der Waals surface area contributed by atoms with Gasteiger partial charge in [-0.05, 0) is 56.7 Å². The lowest BCUT2D eigenvalue weighted by Gasteiger charge is -2.07. The standard InChI is InChI=1S/C18H26N2O/c1-11(2)7-15-16(18(15,5)6)17(21)19-10-14-9-12(3)8-13(4)20-14/h7-9,15-16H,10H2,1-6H3,(H,19,21). The lowest BCUT2D eigenvalue weighted by molar-refractivity contribution is -0.123. The van der Waals surface area contributed by atoms with E-state index in [2.05, 4.69) is 51.0 Å². The molecule has 1 aliphatic rings. The van der Waals surface area contributed by atoms with Gasteiger partial charge in [-0.3, -0.25) is 9.78 Å². The average molecular weight is 286 g/mol. The summed E-state index contributed by atoms with van der Waals surface area (Å²) >= 11 is 0. The number of amides is 1. The molecule has 2 rings (SSSR count). The molecule has 0 bridgehead atoms. The van der Waals surface area contributed by atoms with Crippen LogP contribution in [0.2, 0.25) is 0 Å². The van der Waals surface area contributed by atoms with Crippen molar-refractivity contribution in [2.24, 2.45) is 17.3 Å². The number of nitrogens with one attached hydrogen (secondary N) is 1. The molecule has 2 unspecified atom stereocenters. The van der Waals surface area contributed by atoms with Crippen molar-refractivity contribution in [2.75, 3.05) is 0 Å². The van der Waals surface area contributed by atoms with Gasteiger partial charge < -0.3 is 5.32 Å². The SMILES string of the molecule is CC(C)=CC1C(C(=O)NCc2cc(C)cc(C)n2)C1(C)C.